The number of nitrogens with one attached hydrogen (secondary N) is 2. The molecule has 0 unspecified atom stereocenters. The second-order valence-electron chi connectivity index (χ2n) is 5.16. The molecule has 2 heterocycles. The first-order chi connectivity index (χ1) is 10.6. The molecule has 0 aliphatic carbocycles. The van der Waals surface area contributed by atoms with Crippen molar-refractivity contribution in [3.8, 4) is 0 Å². The Balaban J connectivity index is 1.65. The van der Waals surface area contributed by atoms with Crippen LogP contribution in [-0.4, -0.2) is 50.0 Å². The number of urea groups is 1. The number of carbonyl (C=O) groups is 1. The number of aromatic amines is 1. The molecule has 0 atom stereocenters. The van der Waals surface area contributed by atoms with Crippen molar-refractivity contribution in [2.45, 2.75) is 13.1 Å². The molecule has 2 aromatic heterocycles. The third kappa shape index (κ3) is 3.05. The Morgan fingerprint density at radius 3 is 2.95 bits per heavy atom. The molecule has 114 valence electrons. The van der Waals surface area contributed by atoms with E-state index in [9.17, 15) is 4.79 Å². The molecule has 0 radical (unpaired) electrons. The predicted octanol–water partition coefficient (Wildman–Crippen LogP) is 0.974. The highest BCUT2D eigenvalue weighted by molar-refractivity contribution is 5.74. The molecule has 3 aromatic rings. The van der Waals surface area contributed by atoms with E-state index in [0.717, 1.165) is 16.9 Å². The second-order valence-corrected chi connectivity index (χ2v) is 5.16. The largest absolute Gasteiger partial charge is 0.340 e. The van der Waals surface area contributed by atoms with E-state index in [1.165, 1.54) is 4.90 Å². The maximum Gasteiger partial charge on any atom is 0.317 e. The van der Waals surface area contributed by atoms with Crippen molar-refractivity contribution >= 4 is 17.1 Å². The number of hydrogen-bond donors (Lipinski definition) is 2. The van der Waals surface area contributed by atoms with E-state index in [1.54, 1.807) is 25.0 Å². The van der Waals surface area contributed by atoms with Crippen molar-refractivity contribution in [3.05, 3.63) is 42.0 Å². The van der Waals surface area contributed by atoms with E-state index in [2.05, 4.69) is 25.6 Å². The summed E-state index contributed by atoms with van der Waals surface area (Å²) in [4.78, 5) is 20.7. The summed E-state index contributed by atoms with van der Waals surface area (Å²) in [7, 11) is 3.38. The normalized spacial score (nSPS) is 10.8. The fraction of sp³-hybridized carbons (Fsp3) is 0.286. The van der Waals surface area contributed by atoms with Gasteiger partial charge in [0.2, 0.25) is 0 Å². The van der Waals surface area contributed by atoms with Gasteiger partial charge in [-0.3, -0.25) is 0 Å². The number of benzene rings is 1. The molecule has 1 aromatic carbocycles. The predicted molar refractivity (Wildman–Crippen MR) is 81.1 cm³/mol. The van der Waals surface area contributed by atoms with E-state index >= 15 is 0 Å². The Morgan fingerprint density at radius 2 is 2.18 bits per heavy atom. The van der Waals surface area contributed by atoms with Gasteiger partial charge in [0.05, 0.1) is 23.8 Å². The summed E-state index contributed by atoms with van der Waals surface area (Å²) in [5, 5.41) is 10.8. The van der Waals surface area contributed by atoms with E-state index in [0.29, 0.717) is 18.8 Å². The molecule has 0 saturated heterocycles. The van der Waals surface area contributed by atoms with Gasteiger partial charge in [0, 0.05) is 14.1 Å². The molecule has 2 amide bonds. The van der Waals surface area contributed by atoms with E-state index in [-0.39, 0.29) is 6.03 Å². The molecule has 2 N–H and O–H groups in total. The van der Waals surface area contributed by atoms with E-state index in [1.807, 2.05) is 24.3 Å². The lowest BCUT2D eigenvalue weighted by atomic mass is 10.3. The molecule has 22 heavy (non-hydrogen) atoms. The van der Waals surface area contributed by atoms with E-state index < -0.39 is 0 Å². The van der Waals surface area contributed by atoms with Crippen molar-refractivity contribution in [1.29, 1.82) is 0 Å². The SMILES string of the molecule is CN(C)C(=O)NCc1cn(Cc2nc3ccccc3[nH]2)nn1. The van der Waals surface area contributed by atoms with Crippen LogP contribution in [0.2, 0.25) is 0 Å². The number of rotatable bonds is 4. The summed E-state index contributed by atoms with van der Waals surface area (Å²) < 4.78 is 1.69. The van der Waals surface area contributed by atoms with Gasteiger partial charge in [-0.25, -0.2) is 14.5 Å². The van der Waals surface area contributed by atoms with Gasteiger partial charge in [0.1, 0.15) is 18.1 Å². The summed E-state index contributed by atoms with van der Waals surface area (Å²) in [5.74, 6) is 0.815. The molecule has 8 heteroatoms. The van der Waals surface area contributed by atoms with Crippen LogP contribution in [0.15, 0.2) is 30.5 Å². The van der Waals surface area contributed by atoms with Gasteiger partial charge in [0.15, 0.2) is 0 Å². The molecule has 0 bridgehead atoms. The molecule has 0 fully saturated rings. The first-order valence-corrected chi connectivity index (χ1v) is 6.89. The van der Waals surface area contributed by atoms with Gasteiger partial charge < -0.3 is 15.2 Å². The van der Waals surface area contributed by atoms with Crippen LogP contribution in [0.3, 0.4) is 0 Å². The summed E-state index contributed by atoms with van der Waals surface area (Å²) >= 11 is 0. The smallest absolute Gasteiger partial charge is 0.317 e. The van der Waals surface area contributed by atoms with Crippen molar-refractivity contribution in [2.24, 2.45) is 0 Å². The van der Waals surface area contributed by atoms with Crippen LogP contribution < -0.4 is 5.32 Å². The van der Waals surface area contributed by atoms with Gasteiger partial charge in [-0.05, 0) is 12.1 Å². The Kier molecular flexibility index (Phi) is 3.73. The van der Waals surface area contributed by atoms with Crippen LogP contribution in [0.25, 0.3) is 11.0 Å². The second kappa shape index (κ2) is 5.84. The third-order valence-corrected chi connectivity index (χ3v) is 3.16. The van der Waals surface area contributed by atoms with Gasteiger partial charge in [-0.15, -0.1) is 5.10 Å². The van der Waals surface area contributed by atoms with Gasteiger partial charge in [-0.1, -0.05) is 17.3 Å². The lowest BCUT2D eigenvalue weighted by Crippen LogP contribution is -2.34. The molecule has 0 aliphatic heterocycles. The Morgan fingerprint density at radius 1 is 1.36 bits per heavy atom. The van der Waals surface area contributed by atoms with Crippen LogP contribution in [0.4, 0.5) is 4.79 Å². The summed E-state index contributed by atoms with van der Waals surface area (Å²) in [6, 6.07) is 7.69. The summed E-state index contributed by atoms with van der Waals surface area (Å²) in [5.41, 5.74) is 2.62. The fourth-order valence-electron chi connectivity index (χ4n) is 2.06. The highest BCUT2D eigenvalue weighted by atomic mass is 16.2. The number of hydrogen-bond acceptors (Lipinski definition) is 4. The topological polar surface area (TPSA) is 91.7 Å². The van der Waals surface area contributed by atoms with Crippen LogP contribution in [-0.2, 0) is 13.1 Å². The number of fused-ring (bicyclic) bond motifs is 1. The zero-order valence-corrected chi connectivity index (χ0v) is 12.4. The maximum absolute atomic E-state index is 11.5. The fourth-order valence-corrected chi connectivity index (χ4v) is 2.06. The summed E-state index contributed by atoms with van der Waals surface area (Å²) in [6.07, 6.45) is 1.79. The average Bonchev–Trinajstić information content (AvgIpc) is 3.10. The first kappa shape index (κ1) is 14.1. The minimum absolute atomic E-state index is 0.160. The molecule has 8 nitrogen and oxygen atoms in total. The highest BCUT2D eigenvalue weighted by Gasteiger charge is 2.07. The number of nitrogens with zero attached hydrogens (tertiary/aromatic N) is 5. The van der Waals surface area contributed by atoms with Crippen LogP contribution in [0.1, 0.15) is 11.5 Å². The number of para-hydroxylation sites is 2. The maximum atomic E-state index is 11.5. The number of aromatic nitrogens is 5. The quantitative estimate of drug-likeness (QED) is 0.751. The molecular weight excluding hydrogens is 282 g/mol. The molecule has 0 saturated carbocycles. The number of amides is 2. The number of carbonyl (C=O) groups excluding carboxylic acids is 1. The molecule has 0 spiro atoms. The molecular formula is C14H17N7O. The molecule has 3 rings (SSSR count). The molecule has 0 aliphatic rings. The Bertz CT molecular complexity index is 756. The van der Waals surface area contributed by atoms with Crippen LogP contribution in [0, 0.1) is 0 Å². The first-order valence-electron chi connectivity index (χ1n) is 6.89. The van der Waals surface area contributed by atoms with Gasteiger partial charge >= 0.3 is 6.03 Å². The monoisotopic (exact) mass is 299 g/mol. The minimum Gasteiger partial charge on any atom is -0.340 e. The van der Waals surface area contributed by atoms with Crippen molar-refractivity contribution in [1.82, 2.24) is 35.2 Å². The summed E-state index contributed by atoms with van der Waals surface area (Å²) in [6.45, 7) is 0.848. The highest BCUT2D eigenvalue weighted by Crippen LogP contribution is 2.10. The standard InChI is InChI=1S/C14H17N7O/c1-20(2)14(22)15-7-10-8-21(19-18-10)9-13-16-11-5-3-4-6-12(11)17-13/h3-6,8H,7,9H2,1-2H3,(H,15,22)(H,16,17). The Labute approximate surface area is 127 Å². The lowest BCUT2D eigenvalue weighted by Gasteiger charge is -2.10. The van der Waals surface area contributed by atoms with Gasteiger partial charge in [0.25, 0.3) is 0 Å². The van der Waals surface area contributed by atoms with Gasteiger partial charge in [-0.2, -0.15) is 0 Å². The minimum atomic E-state index is -0.160. The zero-order valence-electron chi connectivity index (χ0n) is 12.4. The van der Waals surface area contributed by atoms with Crippen molar-refractivity contribution < 1.29 is 4.79 Å². The average molecular weight is 299 g/mol. The van der Waals surface area contributed by atoms with Crippen molar-refractivity contribution in [2.75, 3.05) is 14.1 Å². The third-order valence-electron chi connectivity index (χ3n) is 3.16. The van der Waals surface area contributed by atoms with Crippen molar-refractivity contribution in [3.63, 3.8) is 0 Å². The van der Waals surface area contributed by atoms with Crippen LogP contribution >= 0.6 is 0 Å². The van der Waals surface area contributed by atoms with Crippen LogP contribution in [0.5, 0.6) is 0 Å². The number of imidazole rings is 1. The zero-order chi connectivity index (χ0) is 15.5. The number of H-pyrrole nitrogens is 1. The van der Waals surface area contributed by atoms with E-state index in [4.69, 9.17) is 0 Å². The lowest BCUT2D eigenvalue weighted by molar-refractivity contribution is 0.217. The Hall–Kier alpha value is -2.90.